The van der Waals surface area contributed by atoms with Crippen molar-refractivity contribution in [3.63, 3.8) is 0 Å². The van der Waals surface area contributed by atoms with Gasteiger partial charge in [0.25, 0.3) is 5.69 Å². The van der Waals surface area contributed by atoms with Gasteiger partial charge in [0, 0.05) is 67.5 Å². The van der Waals surface area contributed by atoms with E-state index in [9.17, 15) is 46.4 Å². The van der Waals surface area contributed by atoms with Gasteiger partial charge in [-0.3, -0.25) is 10.1 Å². The number of methoxy groups -OCH3 is 1. The number of nitrogens with zero attached hydrogens (tertiary/aromatic N) is 3. The van der Waals surface area contributed by atoms with E-state index < -0.39 is 45.6 Å². The molecule has 0 aliphatic carbocycles. The van der Waals surface area contributed by atoms with Crippen LogP contribution in [0.4, 0.5) is 49.1 Å². The van der Waals surface area contributed by atoms with Gasteiger partial charge in [-0.1, -0.05) is 18.2 Å². The van der Waals surface area contributed by atoms with E-state index in [-0.39, 0.29) is 53.8 Å². The minimum absolute atomic E-state index is 0.0160. The second-order valence-corrected chi connectivity index (χ2v) is 10.9. The molecule has 1 fully saturated rings. The van der Waals surface area contributed by atoms with Crippen LogP contribution in [0.1, 0.15) is 27.0 Å². The summed E-state index contributed by atoms with van der Waals surface area (Å²) >= 11 is 0. The summed E-state index contributed by atoms with van der Waals surface area (Å²) < 4.78 is 93.7. The van der Waals surface area contributed by atoms with Gasteiger partial charge in [0.2, 0.25) is 0 Å². The predicted molar refractivity (Wildman–Crippen MR) is 168 cm³/mol. The molecule has 10 nitrogen and oxygen atoms in total. The molecule has 4 aromatic carbocycles. The molecule has 49 heavy (non-hydrogen) atoms. The number of hydrogen-bond donors (Lipinski definition) is 2. The number of carbonyl (C=O) groups is 1. The van der Waals surface area contributed by atoms with Crippen molar-refractivity contribution in [3.8, 4) is 17.2 Å². The molecule has 5 rings (SSSR count). The Morgan fingerprint density at radius 1 is 0.857 bits per heavy atom. The summed E-state index contributed by atoms with van der Waals surface area (Å²) in [5.41, 5.74) is -2.04. The van der Waals surface area contributed by atoms with Crippen molar-refractivity contribution in [1.82, 2.24) is 0 Å². The summed E-state index contributed by atoms with van der Waals surface area (Å²) in [6.45, 7) is 0.900. The quantitative estimate of drug-likeness (QED) is 0.0968. The Bertz CT molecular complexity index is 1860. The maximum absolute atomic E-state index is 14.3. The first-order valence-electron chi connectivity index (χ1n) is 14.6. The van der Waals surface area contributed by atoms with Crippen molar-refractivity contribution in [2.45, 2.75) is 18.9 Å². The van der Waals surface area contributed by atoms with Gasteiger partial charge in [0.05, 0.1) is 23.2 Å². The number of nitro benzene ring substituents is 1. The lowest BCUT2D eigenvalue weighted by Gasteiger charge is -2.38. The molecule has 0 unspecified atom stereocenters. The number of non-ortho nitro benzene ring substituents is 1. The Morgan fingerprint density at radius 3 is 2.10 bits per heavy atom. The SMILES string of the molecule is COc1cccc(CNc2ccc(N3CCN(c4cccc(C(F)(F)F)c4)CC3)cc2C(F)(F)F)c1Oc1ccc([N+](=O)[O-])cc1C(=O)O. The number of ether oxygens (including phenoxy) is 2. The molecule has 16 heteroatoms. The van der Waals surface area contributed by atoms with Crippen LogP contribution in [0.5, 0.6) is 17.2 Å². The van der Waals surface area contributed by atoms with Crippen molar-refractivity contribution >= 4 is 28.7 Å². The van der Waals surface area contributed by atoms with Crippen LogP contribution < -0.4 is 24.6 Å². The zero-order chi connectivity index (χ0) is 35.5. The summed E-state index contributed by atoms with van der Waals surface area (Å²) in [4.78, 5) is 25.7. The maximum atomic E-state index is 14.3. The molecule has 1 aliphatic heterocycles. The van der Waals surface area contributed by atoms with Crippen molar-refractivity contribution in [3.05, 3.63) is 111 Å². The van der Waals surface area contributed by atoms with Gasteiger partial charge in [0.15, 0.2) is 11.5 Å². The number of halogens is 6. The monoisotopic (exact) mass is 690 g/mol. The number of carboxylic acids is 1. The normalized spacial score (nSPS) is 13.6. The molecule has 2 N–H and O–H groups in total. The maximum Gasteiger partial charge on any atom is 0.418 e. The second-order valence-electron chi connectivity index (χ2n) is 10.9. The van der Waals surface area contributed by atoms with Crippen molar-refractivity contribution in [2.75, 3.05) is 48.4 Å². The number of aromatic carboxylic acids is 1. The molecule has 1 aliphatic rings. The van der Waals surface area contributed by atoms with Crippen LogP contribution in [0.2, 0.25) is 0 Å². The fourth-order valence-electron chi connectivity index (χ4n) is 5.38. The summed E-state index contributed by atoms with van der Waals surface area (Å²) in [6.07, 6.45) is -9.26. The van der Waals surface area contributed by atoms with Crippen LogP contribution in [0, 0.1) is 10.1 Å². The lowest BCUT2D eigenvalue weighted by atomic mass is 10.1. The molecule has 1 saturated heterocycles. The highest BCUT2D eigenvalue weighted by Crippen LogP contribution is 2.41. The second kappa shape index (κ2) is 13.8. The minimum atomic E-state index is -4.76. The average Bonchev–Trinajstić information content (AvgIpc) is 3.07. The zero-order valence-electron chi connectivity index (χ0n) is 25.6. The molecule has 0 aromatic heterocycles. The molecule has 0 atom stereocenters. The molecule has 0 radical (unpaired) electrons. The van der Waals surface area contributed by atoms with Crippen LogP contribution in [0.15, 0.2) is 78.9 Å². The first-order chi connectivity index (χ1) is 23.2. The van der Waals surface area contributed by atoms with Crippen molar-refractivity contribution in [2.24, 2.45) is 0 Å². The predicted octanol–water partition coefficient (Wildman–Crippen LogP) is 8.07. The number of alkyl halides is 6. The number of para-hydroxylation sites is 1. The zero-order valence-corrected chi connectivity index (χ0v) is 25.6. The van der Waals surface area contributed by atoms with E-state index in [1.54, 1.807) is 21.9 Å². The molecule has 0 amide bonds. The van der Waals surface area contributed by atoms with Crippen LogP contribution in [0.25, 0.3) is 0 Å². The number of benzene rings is 4. The van der Waals surface area contributed by atoms with Gasteiger partial charge in [-0.2, -0.15) is 26.3 Å². The number of piperazine rings is 1. The molecule has 0 saturated carbocycles. The van der Waals surface area contributed by atoms with E-state index in [1.807, 2.05) is 0 Å². The smallest absolute Gasteiger partial charge is 0.418 e. The highest BCUT2D eigenvalue weighted by atomic mass is 19.4. The molecular formula is C33H28F6N4O6. The third kappa shape index (κ3) is 7.90. The molecule has 0 spiro atoms. The first-order valence-corrected chi connectivity index (χ1v) is 14.6. The lowest BCUT2D eigenvalue weighted by Crippen LogP contribution is -2.46. The minimum Gasteiger partial charge on any atom is -0.493 e. The standard InChI is InChI=1S/C33H28F6N4O6/c1-48-29-7-2-4-20(30(29)49-28-11-9-24(43(46)47)17-25(28)31(44)45)19-40-27-10-8-23(18-26(27)33(37,38)39)42-14-12-41(13-15-42)22-6-3-5-21(16-22)32(34,35)36/h2-11,16-18,40H,12-15,19H2,1H3,(H,44,45). The van der Waals surface area contributed by atoms with Gasteiger partial charge in [0.1, 0.15) is 11.3 Å². The lowest BCUT2D eigenvalue weighted by molar-refractivity contribution is -0.384. The summed E-state index contributed by atoms with van der Waals surface area (Å²) in [7, 11) is 1.31. The van der Waals surface area contributed by atoms with Crippen LogP contribution in [-0.4, -0.2) is 49.3 Å². The highest BCUT2D eigenvalue weighted by molar-refractivity contribution is 5.92. The number of hydrogen-bond acceptors (Lipinski definition) is 8. The van der Waals surface area contributed by atoms with Crippen LogP contribution in [0.3, 0.4) is 0 Å². The van der Waals surface area contributed by atoms with Crippen LogP contribution in [-0.2, 0) is 18.9 Å². The highest BCUT2D eigenvalue weighted by Gasteiger charge is 2.35. The number of nitrogens with one attached hydrogen (secondary N) is 1. The third-order valence-electron chi connectivity index (χ3n) is 7.86. The fourth-order valence-corrected chi connectivity index (χ4v) is 5.38. The number of rotatable bonds is 10. The Balaban J connectivity index is 1.35. The molecule has 1 heterocycles. The Labute approximate surface area is 275 Å². The van der Waals surface area contributed by atoms with Gasteiger partial charge < -0.3 is 29.7 Å². The molecule has 4 aromatic rings. The van der Waals surface area contributed by atoms with E-state index in [1.165, 1.54) is 37.4 Å². The fraction of sp³-hybridized carbons (Fsp3) is 0.242. The van der Waals surface area contributed by atoms with Gasteiger partial charge in [-0.15, -0.1) is 0 Å². The third-order valence-corrected chi connectivity index (χ3v) is 7.86. The number of anilines is 3. The Hall–Kier alpha value is -5.67. The summed E-state index contributed by atoms with van der Waals surface area (Å²) in [5, 5.41) is 23.6. The molecule has 0 bridgehead atoms. The molecule has 258 valence electrons. The van der Waals surface area contributed by atoms with Gasteiger partial charge >= 0.3 is 18.3 Å². The average molecular weight is 691 g/mol. The topological polar surface area (TPSA) is 117 Å². The van der Waals surface area contributed by atoms with Crippen LogP contribution >= 0.6 is 0 Å². The van der Waals surface area contributed by atoms with E-state index in [0.29, 0.717) is 18.8 Å². The number of nitro groups is 1. The number of carboxylic acid groups (broad SMARTS) is 1. The summed E-state index contributed by atoms with van der Waals surface area (Å²) in [5.74, 6) is -1.64. The summed E-state index contributed by atoms with van der Waals surface area (Å²) in [6, 6.07) is 16.3. The van der Waals surface area contributed by atoms with Gasteiger partial charge in [-0.05, 0) is 48.5 Å². The van der Waals surface area contributed by atoms with E-state index in [2.05, 4.69) is 5.32 Å². The van der Waals surface area contributed by atoms with E-state index in [4.69, 9.17) is 9.47 Å². The van der Waals surface area contributed by atoms with Gasteiger partial charge in [-0.25, -0.2) is 4.79 Å². The van der Waals surface area contributed by atoms with E-state index >= 15 is 0 Å². The first kappa shape index (κ1) is 34.7. The molecular weight excluding hydrogens is 662 g/mol. The van der Waals surface area contributed by atoms with Crippen molar-refractivity contribution in [1.29, 1.82) is 0 Å². The Kier molecular flexibility index (Phi) is 9.78. The largest absolute Gasteiger partial charge is 0.493 e. The van der Waals surface area contributed by atoms with E-state index in [0.717, 1.165) is 36.4 Å². The van der Waals surface area contributed by atoms with Crippen molar-refractivity contribution < 1.29 is 50.6 Å². The Morgan fingerprint density at radius 2 is 1.51 bits per heavy atom.